The van der Waals surface area contributed by atoms with Crippen molar-refractivity contribution in [2.75, 3.05) is 11.9 Å². The van der Waals surface area contributed by atoms with Gasteiger partial charge in [-0.05, 0) is 36.4 Å². The minimum absolute atomic E-state index is 0.128. The Labute approximate surface area is 126 Å². The van der Waals surface area contributed by atoms with E-state index >= 15 is 0 Å². The maximum Gasteiger partial charge on any atom is 0.255 e. The highest BCUT2D eigenvalue weighted by Crippen LogP contribution is 2.16. The van der Waals surface area contributed by atoms with E-state index in [1.807, 2.05) is 0 Å². The number of carbonyl (C=O) groups is 1. The highest BCUT2D eigenvalue weighted by molar-refractivity contribution is 6.30. The molecule has 5 heteroatoms. The summed E-state index contributed by atoms with van der Waals surface area (Å²) in [7, 11) is 0. The van der Waals surface area contributed by atoms with Crippen molar-refractivity contribution >= 4 is 23.2 Å². The molecule has 1 amide bonds. The first-order valence-corrected chi connectivity index (χ1v) is 6.44. The van der Waals surface area contributed by atoms with E-state index in [0.29, 0.717) is 10.7 Å². The summed E-state index contributed by atoms with van der Waals surface area (Å²) in [6.45, 7) is -0.351. The van der Waals surface area contributed by atoms with E-state index < -0.39 is 11.7 Å². The number of carbonyl (C=O) groups excluding carboxylic acids is 1. The molecule has 0 aromatic heterocycles. The van der Waals surface area contributed by atoms with Gasteiger partial charge in [-0.25, -0.2) is 4.39 Å². The van der Waals surface area contributed by atoms with E-state index in [9.17, 15) is 9.18 Å². The molecule has 0 unspecified atom stereocenters. The Morgan fingerprint density at radius 2 is 2.10 bits per heavy atom. The van der Waals surface area contributed by atoms with Crippen LogP contribution in [0.15, 0.2) is 42.5 Å². The summed E-state index contributed by atoms with van der Waals surface area (Å²) in [5, 5.41) is 11.7. The van der Waals surface area contributed by atoms with E-state index in [0.717, 1.165) is 6.07 Å². The van der Waals surface area contributed by atoms with Crippen LogP contribution in [-0.2, 0) is 0 Å². The number of aliphatic hydroxyl groups excluding tert-OH is 1. The first-order valence-electron chi connectivity index (χ1n) is 6.06. The number of hydrogen-bond donors (Lipinski definition) is 2. The molecule has 0 heterocycles. The fourth-order valence-electron chi connectivity index (χ4n) is 1.66. The van der Waals surface area contributed by atoms with E-state index in [1.165, 1.54) is 12.1 Å². The van der Waals surface area contributed by atoms with Crippen LogP contribution in [0.4, 0.5) is 10.1 Å². The molecule has 0 spiro atoms. The first-order chi connectivity index (χ1) is 10.1. The van der Waals surface area contributed by atoms with Crippen molar-refractivity contribution in [1.82, 2.24) is 0 Å². The summed E-state index contributed by atoms with van der Waals surface area (Å²) < 4.78 is 13.8. The third kappa shape index (κ3) is 4.06. The number of hydrogen-bond acceptors (Lipinski definition) is 2. The lowest BCUT2D eigenvalue weighted by Gasteiger charge is -2.06. The molecule has 0 fully saturated rings. The number of halogens is 2. The molecule has 21 heavy (non-hydrogen) atoms. The van der Waals surface area contributed by atoms with Gasteiger partial charge in [-0.15, -0.1) is 0 Å². The molecular weight excluding hydrogens is 293 g/mol. The summed E-state index contributed by atoms with van der Waals surface area (Å²) in [4.78, 5) is 12.0. The second kappa shape index (κ2) is 6.89. The number of nitrogens with one attached hydrogen (secondary N) is 1. The summed E-state index contributed by atoms with van der Waals surface area (Å²) in [5.41, 5.74) is 0.822. The van der Waals surface area contributed by atoms with Crippen molar-refractivity contribution in [3.8, 4) is 11.8 Å². The molecule has 106 valence electrons. The van der Waals surface area contributed by atoms with E-state index in [2.05, 4.69) is 17.2 Å². The van der Waals surface area contributed by atoms with Crippen LogP contribution in [0.2, 0.25) is 5.02 Å². The van der Waals surface area contributed by atoms with Gasteiger partial charge in [0.05, 0.1) is 5.56 Å². The number of aliphatic hydroxyl groups is 1. The lowest BCUT2D eigenvalue weighted by molar-refractivity contribution is 0.102. The zero-order chi connectivity index (χ0) is 15.2. The molecule has 0 aliphatic rings. The van der Waals surface area contributed by atoms with Gasteiger partial charge in [-0.1, -0.05) is 29.5 Å². The highest BCUT2D eigenvalue weighted by Gasteiger charge is 2.09. The van der Waals surface area contributed by atoms with Gasteiger partial charge < -0.3 is 10.4 Å². The summed E-state index contributed by atoms with van der Waals surface area (Å²) in [6, 6.07) is 10.6. The van der Waals surface area contributed by atoms with Crippen molar-refractivity contribution in [2.45, 2.75) is 0 Å². The van der Waals surface area contributed by atoms with Crippen LogP contribution in [0.3, 0.4) is 0 Å². The van der Waals surface area contributed by atoms with Crippen molar-refractivity contribution in [1.29, 1.82) is 0 Å². The van der Waals surface area contributed by atoms with Crippen LogP contribution < -0.4 is 5.32 Å². The minimum Gasteiger partial charge on any atom is -0.384 e. The normalized spacial score (nSPS) is 9.67. The Balaban J connectivity index is 2.18. The monoisotopic (exact) mass is 303 g/mol. The standard InChI is InChI=1S/C16H11ClFNO2/c17-13-4-1-5-14(10-13)19-16(21)12-7-6-11(3-2-8-20)15(18)9-12/h1,4-7,9-10,20H,8H2,(H,19,21). The number of benzene rings is 2. The highest BCUT2D eigenvalue weighted by atomic mass is 35.5. The van der Waals surface area contributed by atoms with Crippen molar-refractivity contribution < 1.29 is 14.3 Å². The second-order valence-electron chi connectivity index (χ2n) is 4.12. The van der Waals surface area contributed by atoms with E-state index in [1.54, 1.807) is 24.3 Å². The molecule has 2 N–H and O–H groups in total. The lowest BCUT2D eigenvalue weighted by Crippen LogP contribution is -2.12. The van der Waals surface area contributed by atoms with Crippen LogP contribution in [0.5, 0.6) is 0 Å². The maximum absolute atomic E-state index is 13.8. The van der Waals surface area contributed by atoms with Crippen LogP contribution >= 0.6 is 11.6 Å². The maximum atomic E-state index is 13.8. The van der Waals surface area contributed by atoms with Gasteiger partial charge in [0.15, 0.2) is 0 Å². The van der Waals surface area contributed by atoms with Gasteiger partial charge in [-0.3, -0.25) is 4.79 Å². The van der Waals surface area contributed by atoms with Crippen molar-refractivity contribution in [3.63, 3.8) is 0 Å². The van der Waals surface area contributed by atoms with E-state index in [4.69, 9.17) is 16.7 Å². The van der Waals surface area contributed by atoms with Crippen LogP contribution in [0.1, 0.15) is 15.9 Å². The molecule has 0 aliphatic carbocycles. The number of amides is 1. The smallest absolute Gasteiger partial charge is 0.255 e. The molecule has 0 saturated carbocycles. The number of rotatable bonds is 2. The number of anilines is 1. The molecular formula is C16H11ClFNO2. The largest absolute Gasteiger partial charge is 0.384 e. The van der Waals surface area contributed by atoms with Gasteiger partial charge in [-0.2, -0.15) is 0 Å². The van der Waals surface area contributed by atoms with Gasteiger partial charge in [0.25, 0.3) is 5.91 Å². The summed E-state index contributed by atoms with van der Waals surface area (Å²) in [5.74, 6) is 3.75. The molecule has 0 radical (unpaired) electrons. The first kappa shape index (κ1) is 15.0. The average molecular weight is 304 g/mol. The average Bonchev–Trinajstić information content (AvgIpc) is 2.46. The summed E-state index contributed by atoms with van der Waals surface area (Å²) in [6.07, 6.45) is 0. The van der Waals surface area contributed by atoms with Crippen LogP contribution in [-0.4, -0.2) is 17.6 Å². The SMILES string of the molecule is O=C(Nc1cccc(Cl)c1)c1ccc(C#CCO)c(F)c1. The molecule has 0 bridgehead atoms. The third-order valence-electron chi connectivity index (χ3n) is 2.62. The Morgan fingerprint density at radius 3 is 2.76 bits per heavy atom. The lowest BCUT2D eigenvalue weighted by atomic mass is 10.1. The zero-order valence-corrected chi connectivity index (χ0v) is 11.6. The van der Waals surface area contributed by atoms with Crippen LogP contribution in [0.25, 0.3) is 0 Å². The van der Waals surface area contributed by atoms with Gasteiger partial charge >= 0.3 is 0 Å². The summed E-state index contributed by atoms with van der Waals surface area (Å²) >= 11 is 5.82. The molecule has 0 atom stereocenters. The predicted molar refractivity (Wildman–Crippen MR) is 79.8 cm³/mol. The Morgan fingerprint density at radius 1 is 1.29 bits per heavy atom. The zero-order valence-electron chi connectivity index (χ0n) is 10.9. The quantitative estimate of drug-likeness (QED) is 0.838. The Kier molecular flexibility index (Phi) is 4.94. The van der Waals surface area contributed by atoms with Crippen LogP contribution in [0, 0.1) is 17.7 Å². The third-order valence-corrected chi connectivity index (χ3v) is 2.85. The topological polar surface area (TPSA) is 49.3 Å². The van der Waals surface area contributed by atoms with Crippen molar-refractivity contribution in [3.05, 3.63) is 64.4 Å². The Bertz CT molecular complexity index is 735. The molecule has 0 saturated heterocycles. The fraction of sp³-hybridized carbons (Fsp3) is 0.0625. The second-order valence-corrected chi connectivity index (χ2v) is 4.56. The predicted octanol–water partition coefficient (Wildman–Crippen LogP) is 3.08. The molecule has 2 rings (SSSR count). The molecule has 2 aromatic carbocycles. The van der Waals surface area contributed by atoms with Gasteiger partial charge in [0, 0.05) is 16.3 Å². The van der Waals surface area contributed by atoms with Gasteiger partial charge in [0.1, 0.15) is 12.4 Å². The fourth-order valence-corrected chi connectivity index (χ4v) is 1.85. The molecule has 0 aliphatic heterocycles. The molecule has 2 aromatic rings. The minimum atomic E-state index is -0.616. The van der Waals surface area contributed by atoms with Crippen molar-refractivity contribution in [2.24, 2.45) is 0 Å². The van der Waals surface area contributed by atoms with E-state index in [-0.39, 0.29) is 17.7 Å². The van der Waals surface area contributed by atoms with Gasteiger partial charge in [0.2, 0.25) is 0 Å². The Hall–Kier alpha value is -2.35. The molecule has 3 nitrogen and oxygen atoms in total.